The predicted octanol–water partition coefficient (Wildman–Crippen LogP) is 5.03. The zero-order chi connectivity index (χ0) is 24.6. The standard InChI is InChI=1S/C27H35Cl2N3O2/c1-32(2)27(19-21-6-4-8-23(29)18-21)14-11-24(12-15-27)31-26(34)10-9-25(33)30-16-13-20-5-3-7-22(28)17-20/h3-8,17-18,24H,9-16,19H2,1-2H3,(H,30,33)(H,31,34). The molecule has 0 aromatic heterocycles. The molecule has 1 aliphatic rings. The van der Waals surface area contributed by atoms with Gasteiger partial charge in [0.25, 0.3) is 0 Å². The Hall–Kier alpha value is -2.08. The second-order valence-corrected chi connectivity index (χ2v) is 10.4. The lowest BCUT2D eigenvalue weighted by Crippen LogP contribution is -2.52. The van der Waals surface area contributed by atoms with Crippen molar-refractivity contribution in [2.24, 2.45) is 0 Å². The number of halogens is 2. The summed E-state index contributed by atoms with van der Waals surface area (Å²) in [6.45, 7) is 0.530. The van der Waals surface area contributed by atoms with Crippen molar-refractivity contribution in [1.29, 1.82) is 0 Å². The fourth-order valence-electron chi connectivity index (χ4n) is 4.76. The van der Waals surface area contributed by atoms with E-state index in [4.69, 9.17) is 23.2 Å². The normalized spacial score (nSPS) is 20.2. The zero-order valence-corrected chi connectivity index (χ0v) is 21.6. The molecule has 184 valence electrons. The molecule has 7 heteroatoms. The number of benzene rings is 2. The van der Waals surface area contributed by atoms with Gasteiger partial charge >= 0.3 is 0 Å². The smallest absolute Gasteiger partial charge is 0.220 e. The summed E-state index contributed by atoms with van der Waals surface area (Å²) in [4.78, 5) is 26.9. The molecule has 1 fully saturated rings. The Labute approximate surface area is 213 Å². The number of carbonyl (C=O) groups is 2. The number of nitrogens with one attached hydrogen (secondary N) is 2. The molecule has 0 atom stereocenters. The third-order valence-electron chi connectivity index (χ3n) is 6.86. The van der Waals surface area contributed by atoms with E-state index in [1.54, 1.807) is 0 Å². The van der Waals surface area contributed by atoms with Crippen LogP contribution in [0.2, 0.25) is 10.0 Å². The van der Waals surface area contributed by atoms with Gasteiger partial charge in [-0.1, -0.05) is 47.5 Å². The number of nitrogens with zero attached hydrogens (tertiary/aromatic N) is 1. The van der Waals surface area contributed by atoms with Crippen molar-refractivity contribution in [1.82, 2.24) is 15.5 Å². The summed E-state index contributed by atoms with van der Waals surface area (Å²) in [5, 5.41) is 7.48. The van der Waals surface area contributed by atoms with Crippen molar-refractivity contribution in [3.05, 3.63) is 69.7 Å². The SMILES string of the molecule is CN(C)C1(Cc2cccc(Cl)c2)CCC(NC(=O)CCC(=O)NCCc2cccc(Cl)c2)CC1. The summed E-state index contributed by atoms with van der Waals surface area (Å²) >= 11 is 12.2. The molecule has 0 heterocycles. The van der Waals surface area contributed by atoms with Crippen LogP contribution in [0.1, 0.15) is 49.7 Å². The average molecular weight is 505 g/mol. The van der Waals surface area contributed by atoms with Crippen molar-refractivity contribution in [2.45, 2.75) is 62.9 Å². The molecular weight excluding hydrogens is 469 g/mol. The molecule has 2 aromatic carbocycles. The fraction of sp³-hybridized carbons (Fsp3) is 0.481. The fourth-order valence-corrected chi connectivity index (χ4v) is 5.19. The lowest BCUT2D eigenvalue weighted by Gasteiger charge is -2.45. The largest absolute Gasteiger partial charge is 0.356 e. The topological polar surface area (TPSA) is 61.4 Å². The maximum atomic E-state index is 12.4. The molecule has 2 aromatic rings. The highest BCUT2D eigenvalue weighted by atomic mass is 35.5. The van der Waals surface area contributed by atoms with Crippen LogP contribution < -0.4 is 10.6 Å². The summed E-state index contributed by atoms with van der Waals surface area (Å²) in [5.41, 5.74) is 2.38. The Morgan fingerprint density at radius 1 is 0.941 bits per heavy atom. The van der Waals surface area contributed by atoms with Crippen LogP contribution in [0, 0.1) is 0 Å². The predicted molar refractivity (Wildman–Crippen MR) is 139 cm³/mol. The number of amides is 2. The monoisotopic (exact) mass is 503 g/mol. The van der Waals surface area contributed by atoms with Crippen molar-refractivity contribution >= 4 is 35.0 Å². The van der Waals surface area contributed by atoms with Crippen LogP contribution in [0.5, 0.6) is 0 Å². The molecule has 0 radical (unpaired) electrons. The van der Waals surface area contributed by atoms with E-state index in [1.165, 1.54) is 5.56 Å². The highest BCUT2D eigenvalue weighted by Crippen LogP contribution is 2.36. The van der Waals surface area contributed by atoms with Gasteiger partial charge < -0.3 is 15.5 Å². The van der Waals surface area contributed by atoms with Gasteiger partial charge in [-0.3, -0.25) is 9.59 Å². The molecule has 2 amide bonds. The minimum absolute atomic E-state index is 0.0535. The molecule has 34 heavy (non-hydrogen) atoms. The minimum Gasteiger partial charge on any atom is -0.356 e. The Bertz CT molecular complexity index is 972. The first-order chi connectivity index (χ1) is 16.3. The number of rotatable bonds is 10. The first-order valence-corrected chi connectivity index (χ1v) is 12.7. The lowest BCUT2D eigenvalue weighted by atomic mass is 9.75. The summed E-state index contributed by atoms with van der Waals surface area (Å²) in [6.07, 6.45) is 5.92. The Kier molecular flexibility index (Phi) is 9.81. The summed E-state index contributed by atoms with van der Waals surface area (Å²) in [5.74, 6) is -0.156. The first kappa shape index (κ1) is 26.5. The molecule has 0 saturated heterocycles. The van der Waals surface area contributed by atoms with Crippen LogP contribution in [0.15, 0.2) is 48.5 Å². The Balaban J connectivity index is 1.38. The van der Waals surface area contributed by atoms with Gasteiger partial charge in [0.2, 0.25) is 11.8 Å². The van der Waals surface area contributed by atoms with Crippen molar-refractivity contribution < 1.29 is 9.59 Å². The maximum absolute atomic E-state index is 12.4. The van der Waals surface area contributed by atoms with E-state index in [1.807, 2.05) is 42.5 Å². The van der Waals surface area contributed by atoms with Crippen molar-refractivity contribution in [2.75, 3.05) is 20.6 Å². The number of hydrogen-bond donors (Lipinski definition) is 2. The van der Waals surface area contributed by atoms with E-state index in [0.717, 1.165) is 42.7 Å². The highest BCUT2D eigenvalue weighted by Gasteiger charge is 2.37. The third kappa shape index (κ3) is 8.00. The van der Waals surface area contributed by atoms with Crippen LogP contribution in [-0.4, -0.2) is 48.9 Å². The Morgan fingerprint density at radius 3 is 2.15 bits per heavy atom. The molecule has 0 bridgehead atoms. The van der Waals surface area contributed by atoms with Gasteiger partial charge in [0.05, 0.1) is 0 Å². The second kappa shape index (κ2) is 12.6. The van der Waals surface area contributed by atoms with E-state index in [9.17, 15) is 9.59 Å². The van der Waals surface area contributed by atoms with Crippen LogP contribution in [0.3, 0.4) is 0 Å². The van der Waals surface area contributed by atoms with Crippen LogP contribution in [0.4, 0.5) is 0 Å². The molecule has 0 spiro atoms. The van der Waals surface area contributed by atoms with E-state index in [0.29, 0.717) is 18.0 Å². The maximum Gasteiger partial charge on any atom is 0.220 e. The number of hydrogen-bond acceptors (Lipinski definition) is 3. The zero-order valence-electron chi connectivity index (χ0n) is 20.1. The van der Waals surface area contributed by atoms with Gasteiger partial charge in [-0.15, -0.1) is 0 Å². The van der Waals surface area contributed by atoms with E-state index in [2.05, 4.69) is 35.7 Å². The van der Waals surface area contributed by atoms with Crippen molar-refractivity contribution in [3.63, 3.8) is 0 Å². The van der Waals surface area contributed by atoms with E-state index in [-0.39, 0.29) is 36.2 Å². The van der Waals surface area contributed by atoms with Gasteiger partial charge in [-0.05, 0) is 88.0 Å². The molecule has 0 aliphatic heterocycles. The van der Waals surface area contributed by atoms with Gasteiger partial charge in [-0.2, -0.15) is 0 Å². The molecular formula is C27H35Cl2N3O2. The summed E-state index contributed by atoms with van der Waals surface area (Å²) in [6, 6.07) is 15.8. The van der Waals surface area contributed by atoms with Crippen LogP contribution in [-0.2, 0) is 22.4 Å². The molecule has 5 nitrogen and oxygen atoms in total. The van der Waals surface area contributed by atoms with Gasteiger partial charge in [0.15, 0.2) is 0 Å². The first-order valence-electron chi connectivity index (χ1n) is 12.0. The number of likely N-dealkylation sites (N-methyl/N-ethyl adjacent to an activating group) is 1. The van der Waals surface area contributed by atoms with Gasteiger partial charge in [0, 0.05) is 41.0 Å². The highest BCUT2D eigenvalue weighted by molar-refractivity contribution is 6.30. The van der Waals surface area contributed by atoms with Crippen LogP contribution >= 0.6 is 23.2 Å². The molecule has 3 rings (SSSR count). The van der Waals surface area contributed by atoms with Gasteiger partial charge in [0.1, 0.15) is 0 Å². The van der Waals surface area contributed by atoms with E-state index >= 15 is 0 Å². The third-order valence-corrected chi connectivity index (χ3v) is 7.33. The molecule has 2 N–H and O–H groups in total. The molecule has 1 aliphatic carbocycles. The van der Waals surface area contributed by atoms with E-state index < -0.39 is 0 Å². The lowest BCUT2D eigenvalue weighted by molar-refractivity contribution is -0.127. The molecule has 1 saturated carbocycles. The second-order valence-electron chi connectivity index (χ2n) is 9.50. The number of carbonyl (C=O) groups excluding carboxylic acids is 2. The minimum atomic E-state index is -0.103. The summed E-state index contributed by atoms with van der Waals surface area (Å²) < 4.78 is 0. The molecule has 0 unspecified atom stereocenters. The average Bonchev–Trinajstić information content (AvgIpc) is 2.79. The summed E-state index contributed by atoms with van der Waals surface area (Å²) in [7, 11) is 4.27. The van der Waals surface area contributed by atoms with Crippen LogP contribution in [0.25, 0.3) is 0 Å². The van der Waals surface area contributed by atoms with Gasteiger partial charge in [-0.25, -0.2) is 0 Å². The van der Waals surface area contributed by atoms with Crippen molar-refractivity contribution in [3.8, 4) is 0 Å². The Morgan fingerprint density at radius 2 is 1.53 bits per heavy atom. The quantitative estimate of drug-likeness (QED) is 0.477.